The Morgan fingerprint density at radius 3 is 2.50 bits per heavy atom. The lowest BCUT2D eigenvalue weighted by Gasteiger charge is -2.12. The standard InChI is InChI=1S/C17H14O5/c1-11(16(18)12-5-3-2-4-6-12)22-17(19)13-7-8-14-15(9-13)21-10-20-14/h2-9,11H,10H2,1H3/t11-/m1/s1. The first kappa shape index (κ1) is 14.1. The van der Waals surface area contributed by atoms with Gasteiger partial charge in [0.25, 0.3) is 0 Å². The summed E-state index contributed by atoms with van der Waals surface area (Å²) in [5.74, 6) is 0.270. The molecular formula is C17H14O5. The molecule has 5 nitrogen and oxygen atoms in total. The summed E-state index contributed by atoms with van der Waals surface area (Å²) in [6, 6.07) is 13.5. The Hall–Kier alpha value is -2.82. The molecule has 0 radical (unpaired) electrons. The van der Waals surface area contributed by atoms with Gasteiger partial charge >= 0.3 is 5.97 Å². The number of ketones is 1. The van der Waals surface area contributed by atoms with Crippen LogP contribution in [0.25, 0.3) is 0 Å². The van der Waals surface area contributed by atoms with Crippen molar-refractivity contribution in [3.05, 3.63) is 59.7 Å². The highest BCUT2D eigenvalue weighted by Crippen LogP contribution is 2.32. The zero-order valence-corrected chi connectivity index (χ0v) is 11.9. The van der Waals surface area contributed by atoms with Crippen molar-refractivity contribution in [3.63, 3.8) is 0 Å². The Morgan fingerprint density at radius 2 is 1.73 bits per heavy atom. The summed E-state index contributed by atoms with van der Waals surface area (Å²) in [4.78, 5) is 24.3. The van der Waals surface area contributed by atoms with Crippen LogP contribution in [0.4, 0.5) is 0 Å². The summed E-state index contributed by atoms with van der Waals surface area (Å²) in [6.45, 7) is 1.69. The molecule has 0 fully saturated rings. The van der Waals surface area contributed by atoms with E-state index in [0.717, 1.165) is 0 Å². The minimum Gasteiger partial charge on any atom is -0.454 e. The first-order valence-electron chi connectivity index (χ1n) is 6.85. The number of carbonyl (C=O) groups excluding carboxylic acids is 2. The third-order valence-corrected chi connectivity index (χ3v) is 3.32. The van der Waals surface area contributed by atoms with E-state index >= 15 is 0 Å². The van der Waals surface area contributed by atoms with Gasteiger partial charge in [-0.3, -0.25) is 4.79 Å². The van der Waals surface area contributed by atoms with E-state index in [-0.39, 0.29) is 12.6 Å². The van der Waals surface area contributed by atoms with Crippen LogP contribution in [0.2, 0.25) is 0 Å². The van der Waals surface area contributed by atoms with Crippen LogP contribution in [0.5, 0.6) is 11.5 Å². The molecule has 1 aliphatic heterocycles. The van der Waals surface area contributed by atoms with Crippen LogP contribution in [0, 0.1) is 0 Å². The van der Waals surface area contributed by atoms with Gasteiger partial charge in [-0.1, -0.05) is 30.3 Å². The molecule has 3 rings (SSSR count). The van der Waals surface area contributed by atoms with E-state index < -0.39 is 12.1 Å². The second-order valence-corrected chi connectivity index (χ2v) is 4.85. The Morgan fingerprint density at radius 1 is 1.00 bits per heavy atom. The molecule has 0 aromatic heterocycles. The maximum Gasteiger partial charge on any atom is 0.338 e. The Balaban J connectivity index is 1.70. The summed E-state index contributed by atoms with van der Waals surface area (Å²) in [5, 5.41) is 0. The molecule has 1 aliphatic rings. The second-order valence-electron chi connectivity index (χ2n) is 4.85. The summed E-state index contributed by atoms with van der Waals surface area (Å²) < 4.78 is 15.6. The molecular weight excluding hydrogens is 284 g/mol. The lowest BCUT2D eigenvalue weighted by atomic mass is 10.1. The van der Waals surface area contributed by atoms with E-state index in [2.05, 4.69) is 0 Å². The normalized spacial score (nSPS) is 13.5. The molecule has 0 unspecified atom stereocenters. The molecule has 0 spiro atoms. The van der Waals surface area contributed by atoms with Crippen LogP contribution in [-0.2, 0) is 4.74 Å². The van der Waals surface area contributed by atoms with Gasteiger partial charge in [0.05, 0.1) is 5.56 Å². The van der Waals surface area contributed by atoms with Crippen molar-refractivity contribution in [1.82, 2.24) is 0 Å². The summed E-state index contributed by atoms with van der Waals surface area (Å²) in [6.07, 6.45) is -0.861. The third kappa shape index (κ3) is 2.79. The molecule has 0 saturated heterocycles. The molecule has 0 bridgehead atoms. The molecule has 0 aliphatic carbocycles. The number of esters is 1. The first-order valence-corrected chi connectivity index (χ1v) is 6.85. The average Bonchev–Trinajstić information content (AvgIpc) is 3.02. The van der Waals surface area contributed by atoms with Crippen molar-refractivity contribution in [3.8, 4) is 11.5 Å². The van der Waals surface area contributed by atoms with Gasteiger partial charge in [-0.25, -0.2) is 4.79 Å². The number of benzene rings is 2. The second kappa shape index (κ2) is 5.89. The zero-order chi connectivity index (χ0) is 15.5. The number of hydrogen-bond acceptors (Lipinski definition) is 5. The van der Waals surface area contributed by atoms with Gasteiger partial charge in [0.15, 0.2) is 17.6 Å². The van der Waals surface area contributed by atoms with Crippen LogP contribution in [0.1, 0.15) is 27.6 Å². The highest BCUT2D eigenvalue weighted by atomic mass is 16.7. The summed E-state index contributed by atoms with van der Waals surface area (Å²) >= 11 is 0. The predicted molar refractivity (Wildman–Crippen MR) is 78.2 cm³/mol. The van der Waals surface area contributed by atoms with Crippen LogP contribution < -0.4 is 9.47 Å². The van der Waals surface area contributed by atoms with E-state index in [9.17, 15) is 9.59 Å². The van der Waals surface area contributed by atoms with Crippen LogP contribution in [0.15, 0.2) is 48.5 Å². The number of ether oxygens (including phenoxy) is 3. The first-order chi connectivity index (χ1) is 10.6. The Kier molecular flexibility index (Phi) is 3.78. The maximum atomic E-state index is 12.2. The average molecular weight is 298 g/mol. The molecule has 0 saturated carbocycles. The van der Waals surface area contributed by atoms with Crippen LogP contribution in [-0.4, -0.2) is 24.6 Å². The number of rotatable bonds is 4. The van der Waals surface area contributed by atoms with Crippen molar-refractivity contribution in [2.45, 2.75) is 13.0 Å². The summed E-state index contributed by atoms with van der Waals surface area (Å²) in [7, 11) is 0. The van der Waals surface area contributed by atoms with Crippen molar-refractivity contribution in [1.29, 1.82) is 0 Å². The van der Waals surface area contributed by atoms with Gasteiger partial charge in [0.2, 0.25) is 12.6 Å². The zero-order valence-electron chi connectivity index (χ0n) is 11.9. The molecule has 2 aromatic rings. The monoisotopic (exact) mass is 298 g/mol. The van der Waals surface area contributed by atoms with E-state index in [4.69, 9.17) is 14.2 Å². The Labute approximate surface area is 127 Å². The fourth-order valence-electron chi connectivity index (χ4n) is 2.14. The van der Waals surface area contributed by atoms with E-state index in [1.54, 1.807) is 49.4 Å². The lowest BCUT2D eigenvalue weighted by Crippen LogP contribution is -2.24. The fourth-order valence-corrected chi connectivity index (χ4v) is 2.14. The van der Waals surface area contributed by atoms with Crippen molar-refractivity contribution < 1.29 is 23.8 Å². The van der Waals surface area contributed by atoms with Gasteiger partial charge in [-0.2, -0.15) is 0 Å². The lowest BCUT2D eigenvalue weighted by molar-refractivity contribution is 0.0318. The quantitative estimate of drug-likeness (QED) is 0.641. The molecule has 0 amide bonds. The van der Waals surface area contributed by atoms with Crippen molar-refractivity contribution in [2.24, 2.45) is 0 Å². The number of fused-ring (bicyclic) bond motifs is 1. The smallest absolute Gasteiger partial charge is 0.338 e. The Bertz CT molecular complexity index is 708. The van der Waals surface area contributed by atoms with Gasteiger partial charge in [-0.15, -0.1) is 0 Å². The third-order valence-electron chi connectivity index (χ3n) is 3.32. The van der Waals surface area contributed by atoms with E-state index in [0.29, 0.717) is 22.6 Å². The molecule has 2 aromatic carbocycles. The predicted octanol–water partition coefficient (Wildman–Crippen LogP) is 2.84. The minimum atomic E-state index is -0.861. The SMILES string of the molecule is C[C@@H](OC(=O)c1ccc2c(c1)OCO2)C(=O)c1ccccc1. The number of carbonyl (C=O) groups is 2. The number of Topliss-reactive ketones (excluding diaryl/α,β-unsaturated/α-hetero) is 1. The molecule has 22 heavy (non-hydrogen) atoms. The minimum absolute atomic E-state index is 0.136. The molecule has 0 N–H and O–H groups in total. The molecule has 1 heterocycles. The van der Waals surface area contributed by atoms with Gasteiger partial charge in [-0.05, 0) is 25.1 Å². The maximum absolute atomic E-state index is 12.2. The van der Waals surface area contributed by atoms with Crippen molar-refractivity contribution in [2.75, 3.05) is 6.79 Å². The van der Waals surface area contributed by atoms with Crippen molar-refractivity contribution >= 4 is 11.8 Å². The van der Waals surface area contributed by atoms with Crippen LogP contribution >= 0.6 is 0 Å². The molecule has 1 atom stereocenters. The van der Waals surface area contributed by atoms with E-state index in [1.165, 1.54) is 0 Å². The summed E-state index contributed by atoms with van der Waals surface area (Å²) in [5.41, 5.74) is 0.824. The van der Waals surface area contributed by atoms with E-state index in [1.807, 2.05) is 6.07 Å². The molecule has 5 heteroatoms. The fraction of sp³-hybridized carbons (Fsp3) is 0.176. The molecule has 112 valence electrons. The van der Waals surface area contributed by atoms with Crippen LogP contribution in [0.3, 0.4) is 0 Å². The highest BCUT2D eigenvalue weighted by Gasteiger charge is 2.22. The van der Waals surface area contributed by atoms with Gasteiger partial charge in [0, 0.05) is 5.56 Å². The largest absolute Gasteiger partial charge is 0.454 e. The number of hydrogen-bond donors (Lipinski definition) is 0. The highest BCUT2D eigenvalue weighted by molar-refractivity contribution is 6.01. The van der Waals surface area contributed by atoms with Gasteiger partial charge < -0.3 is 14.2 Å². The topological polar surface area (TPSA) is 61.8 Å². The van der Waals surface area contributed by atoms with Gasteiger partial charge in [0.1, 0.15) is 0 Å².